The third kappa shape index (κ3) is 1.39. The molecule has 1 aliphatic rings. The van der Waals surface area contributed by atoms with Gasteiger partial charge in [-0.1, -0.05) is 0 Å². The van der Waals surface area contributed by atoms with Crippen molar-refractivity contribution in [3.63, 3.8) is 0 Å². The van der Waals surface area contributed by atoms with Gasteiger partial charge in [-0.25, -0.2) is 4.39 Å². The molecule has 86 valence electrons. The molecule has 0 amide bonds. The second-order valence-corrected chi connectivity index (χ2v) is 3.89. The molecule has 1 fully saturated rings. The number of hydrogen-bond donors (Lipinski definition) is 2. The fourth-order valence-corrected chi connectivity index (χ4v) is 1.80. The van der Waals surface area contributed by atoms with E-state index in [0.717, 1.165) is 6.07 Å². The highest BCUT2D eigenvalue weighted by Crippen LogP contribution is 2.51. The lowest BCUT2D eigenvalue weighted by Crippen LogP contribution is -2.21. The number of halogens is 1. The molecular weight excluding hydrogens is 215 g/mol. The predicted octanol–water partition coefficient (Wildman–Crippen LogP) is 1.66. The van der Waals surface area contributed by atoms with Crippen LogP contribution in [0.2, 0.25) is 0 Å². The van der Waals surface area contributed by atoms with E-state index in [0.29, 0.717) is 12.8 Å². The van der Waals surface area contributed by atoms with Crippen LogP contribution in [0.1, 0.15) is 18.4 Å². The lowest BCUT2D eigenvalue weighted by atomic mass is 9.95. The number of phenolic OH excluding ortho intramolecular Hbond substituents is 1. The van der Waals surface area contributed by atoms with Crippen LogP contribution in [0.15, 0.2) is 12.1 Å². The van der Waals surface area contributed by atoms with E-state index in [-0.39, 0.29) is 17.1 Å². The van der Waals surface area contributed by atoms with Gasteiger partial charge in [0.1, 0.15) is 5.82 Å². The molecular formula is C11H11FO4. The molecule has 4 nitrogen and oxygen atoms in total. The molecule has 5 heteroatoms. The topological polar surface area (TPSA) is 66.8 Å². The summed E-state index contributed by atoms with van der Waals surface area (Å²) >= 11 is 0. The molecule has 0 aliphatic heterocycles. The first-order chi connectivity index (χ1) is 7.51. The van der Waals surface area contributed by atoms with E-state index in [1.165, 1.54) is 13.2 Å². The van der Waals surface area contributed by atoms with E-state index >= 15 is 0 Å². The molecule has 0 radical (unpaired) electrons. The molecule has 1 saturated carbocycles. The molecule has 1 aromatic carbocycles. The Balaban J connectivity index is 2.53. The van der Waals surface area contributed by atoms with Gasteiger partial charge in [-0.2, -0.15) is 0 Å². The quantitative estimate of drug-likeness (QED) is 0.822. The third-order valence-electron chi connectivity index (χ3n) is 2.94. The monoisotopic (exact) mass is 226 g/mol. The summed E-state index contributed by atoms with van der Waals surface area (Å²) in [5.74, 6) is -1.99. The normalized spacial score (nSPS) is 16.9. The van der Waals surface area contributed by atoms with Crippen LogP contribution in [0.3, 0.4) is 0 Å². The number of carboxylic acids is 1. The molecule has 0 spiro atoms. The average molecular weight is 226 g/mol. The van der Waals surface area contributed by atoms with Gasteiger partial charge in [0, 0.05) is 11.6 Å². The van der Waals surface area contributed by atoms with E-state index in [2.05, 4.69) is 0 Å². The van der Waals surface area contributed by atoms with Gasteiger partial charge in [-0.15, -0.1) is 0 Å². The summed E-state index contributed by atoms with van der Waals surface area (Å²) in [7, 11) is 1.33. The Kier molecular flexibility index (Phi) is 2.26. The fourth-order valence-electron chi connectivity index (χ4n) is 1.80. The molecule has 0 saturated heterocycles. The van der Waals surface area contributed by atoms with Crippen LogP contribution in [0.4, 0.5) is 4.39 Å². The number of methoxy groups -OCH3 is 1. The van der Waals surface area contributed by atoms with Gasteiger partial charge in [0.05, 0.1) is 12.5 Å². The molecule has 0 aromatic heterocycles. The Morgan fingerprint density at radius 2 is 2.12 bits per heavy atom. The van der Waals surface area contributed by atoms with Gasteiger partial charge in [0.25, 0.3) is 0 Å². The second kappa shape index (κ2) is 3.37. The van der Waals surface area contributed by atoms with Crippen LogP contribution >= 0.6 is 0 Å². The Morgan fingerprint density at radius 3 is 2.56 bits per heavy atom. The average Bonchev–Trinajstić information content (AvgIpc) is 2.99. The first kappa shape index (κ1) is 10.7. The minimum absolute atomic E-state index is 0.0784. The smallest absolute Gasteiger partial charge is 0.314 e. The van der Waals surface area contributed by atoms with E-state index < -0.39 is 17.2 Å². The predicted molar refractivity (Wildman–Crippen MR) is 53.2 cm³/mol. The minimum atomic E-state index is -1.13. The van der Waals surface area contributed by atoms with Crippen LogP contribution in [0.5, 0.6) is 11.5 Å². The Bertz CT molecular complexity index is 452. The summed E-state index contributed by atoms with van der Waals surface area (Å²) < 4.78 is 18.4. The highest BCUT2D eigenvalue weighted by atomic mass is 19.1. The fraction of sp³-hybridized carbons (Fsp3) is 0.364. The second-order valence-electron chi connectivity index (χ2n) is 3.89. The number of benzene rings is 1. The van der Waals surface area contributed by atoms with Gasteiger partial charge in [-0.3, -0.25) is 4.79 Å². The van der Waals surface area contributed by atoms with Crippen LogP contribution in [-0.2, 0) is 10.2 Å². The van der Waals surface area contributed by atoms with E-state index in [9.17, 15) is 14.3 Å². The number of rotatable bonds is 3. The number of aliphatic carboxylic acids is 1. The van der Waals surface area contributed by atoms with E-state index in [1.807, 2.05) is 0 Å². The Hall–Kier alpha value is -1.78. The maximum Gasteiger partial charge on any atom is 0.314 e. The highest BCUT2D eigenvalue weighted by Gasteiger charge is 2.53. The van der Waals surface area contributed by atoms with Crippen molar-refractivity contribution in [3.8, 4) is 11.5 Å². The first-order valence-corrected chi connectivity index (χ1v) is 4.81. The molecule has 0 unspecified atom stereocenters. The molecule has 1 aliphatic carbocycles. The summed E-state index contributed by atoms with van der Waals surface area (Å²) in [6.45, 7) is 0. The van der Waals surface area contributed by atoms with Crippen molar-refractivity contribution < 1.29 is 24.1 Å². The molecule has 2 rings (SSSR count). The zero-order chi connectivity index (χ0) is 11.9. The first-order valence-electron chi connectivity index (χ1n) is 4.81. The highest BCUT2D eigenvalue weighted by molar-refractivity contribution is 5.85. The van der Waals surface area contributed by atoms with Crippen LogP contribution < -0.4 is 4.74 Å². The van der Waals surface area contributed by atoms with Crippen LogP contribution in [0.25, 0.3) is 0 Å². The van der Waals surface area contributed by atoms with Crippen molar-refractivity contribution >= 4 is 5.97 Å². The molecule has 0 bridgehead atoms. The lowest BCUT2D eigenvalue weighted by Gasteiger charge is -2.13. The summed E-state index contributed by atoms with van der Waals surface area (Å²) in [5, 5.41) is 18.4. The molecule has 0 heterocycles. The number of carboxylic acid groups (broad SMARTS) is 1. The summed E-state index contributed by atoms with van der Waals surface area (Å²) in [5.41, 5.74) is -1.06. The van der Waals surface area contributed by atoms with Crippen molar-refractivity contribution in [1.29, 1.82) is 0 Å². The van der Waals surface area contributed by atoms with Gasteiger partial charge in [-0.05, 0) is 18.9 Å². The minimum Gasteiger partial charge on any atom is -0.504 e. The van der Waals surface area contributed by atoms with Gasteiger partial charge in [0.15, 0.2) is 11.5 Å². The molecule has 2 N–H and O–H groups in total. The largest absolute Gasteiger partial charge is 0.504 e. The summed E-state index contributed by atoms with van der Waals surface area (Å²) in [4.78, 5) is 11.1. The van der Waals surface area contributed by atoms with Crippen molar-refractivity contribution in [2.24, 2.45) is 0 Å². The maximum atomic E-state index is 13.6. The van der Waals surface area contributed by atoms with Gasteiger partial charge in [0.2, 0.25) is 0 Å². The van der Waals surface area contributed by atoms with Crippen molar-refractivity contribution in [2.75, 3.05) is 7.11 Å². The number of carbonyl (C=O) groups is 1. The number of phenols is 1. The van der Waals surface area contributed by atoms with Crippen LogP contribution in [-0.4, -0.2) is 23.3 Å². The molecule has 1 aromatic rings. The van der Waals surface area contributed by atoms with E-state index in [1.54, 1.807) is 0 Å². The summed E-state index contributed by atoms with van der Waals surface area (Å²) in [6, 6.07) is 2.14. The number of hydrogen-bond acceptors (Lipinski definition) is 3. The number of ether oxygens (including phenoxy) is 1. The van der Waals surface area contributed by atoms with Gasteiger partial charge >= 0.3 is 5.97 Å². The molecule has 0 atom stereocenters. The van der Waals surface area contributed by atoms with Gasteiger partial charge < -0.3 is 14.9 Å². The molecule has 16 heavy (non-hydrogen) atoms. The van der Waals surface area contributed by atoms with E-state index in [4.69, 9.17) is 9.84 Å². The SMILES string of the molecule is COc1cc(C2(C(=O)O)CC2)c(F)cc1O. The summed E-state index contributed by atoms with van der Waals surface area (Å²) in [6.07, 6.45) is 0.820. The van der Waals surface area contributed by atoms with Crippen molar-refractivity contribution in [1.82, 2.24) is 0 Å². The Morgan fingerprint density at radius 1 is 1.50 bits per heavy atom. The number of aromatic hydroxyl groups is 1. The lowest BCUT2D eigenvalue weighted by molar-refractivity contribution is -0.140. The zero-order valence-corrected chi connectivity index (χ0v) is 8.66. The van der Waals surface area contributed by atoms with Crippen LogP contribution in [0, 0.1) is 5.82 Å². The zero-order valence-electron chi connectivity index (χ0n) is 8.66. The van der Waals surface area contributed by atoms with Crippen molar-refractivity contribution in [2.45, 2.75) is 18.3 Å². The van der Waals surface area contributed by atoms with Crippen molar-refractivity contribution in [3.05, 3.63) is 23.5 Å². The third-order valence-corrected chi connectivity index (χ3v) is 2.94. The standard InChI is InChI=1S/C11H11FO4/c1-16-9-4-6(7(12)5-8(9)13)11(2-3-11)10(14)15/h4-5,13H,2-3H2,1H3,(H,14,15). The maximum absolute atomic E-state index is 13.6. The Labute approximate surface area is 91.3 Å².